The predicted octanol–water partition coefficient (Wildman–Crippen LogP) is 2.78. The van der Waals surface area contributed by atoms with Gasteiger partial charge in [0.1, 0.15) is 0 Å². The molecule has 0 saturated heterocycles. The zero-order valence-corrected chi connectivity index (χ0v) is 11.2. The summed E-state index contributed by atoms with van der Waals surface area (Å²) in [5, 5.41) is 13.5. The minimum Gasteiger partial charge on any atom is -0.391 e. The van der Waals surface area contributed by atoms with Crippen molar-refractivity contribution in [2.75, 3.05) is 11.9 Å². The second-order valence-electron chi connectivity index (χ2n) is 4.11. The Balaban J connectivity index is 1.95. The van der Waals surface area contributed by atoms with E-state index >= 15 is 0 Å². The molecular weight excluding hydrogens is 246 g/mol. The van der Waals surface area contributed by atoms with Gasteiger partial charge in [0.25, 0.3) is 0 Å². The van der Waals surface area contributed by atoms with Gasteiger partial charge in [-0.3, -0.25) is 0 Å². The summed E-state index contributed by atoms with van der Waals surface area (Å²) >= 11 is 1.32. The van der Waals surface area contributed by atoms with E-state index < -0.39 is 0 Å². The SMILES string of the molecule is CCCC(O)CNc1nc(-c2ccccc2)ns1. The van der Waals surface area contributed by atoms with Crippen molar-refractivity contribution in [3.05, 3.63) is 30.3 Å². The second-order valence-corrected chi connectivity index (χ2v) is 4.86. The third kappa shape index (κ3) is 3.51. The van der Waals surface area contributed by atoms with Crippen molar-refractivity contribution < 1.29 is 5.11 Å². The number of rotatable bonds is 6. The van der Waals surface area contributed by atoms with E-state index in [2.05, 4.69) is 21.6 Å². The monoisotopic (exact) mass is 263 g/mol. The van der Waals surface area contributed by atoms with Gasteiger partial charge in [0.2, 0.25) is 5.13 Å². The number of anilines is 1. The smallest absolute Gasteiger partial charge is 0.202 e. The number of hydrogen-bond acceptors (Lipinski definition) is 5. The van der Waals surface area contributed by atoms with Crippen LogP contribution in [0.5, 0.6) is 0 Å². The van der Waals surface area contributed by atoms with Crippen LogP contribution in [0.25, 0.3) is 11.4 Å². The minimum atomic E-state index is -0.320. The van der Waals surface area contributed by atoms with Crippen LogP contribution in [0.15, 0.2) is 30.3 Å². The Kier molecular flexibility index (Phi) is 4.66. The number of aromatic nitrogens is 2. The first-order chi connectivity index (χ1) is 8.79. The summed E-state index contributed by atoms with van der Waals surface area (Å²) in [7, 11) is 0. The Bertz CT molecular complexity index is 472. The molecule has 1 atom stereocenters. The molecule has 2 rings (SSSR count). The molecule has 0 aliphatic rings. The van der Waals surface area contributed by atoms with Gasteiger partial charge in [-0.2, -0.15) is 9.36 Å². The molecule has 2 N–H and O–H groups in total. The van der Waals surface area contributed by atoms with Gasteiger partial charge in [-0.05, 0) is 6.42 Å². The Hall–Kier alpha value is -1.46. The fourth-order valence-electron chi connectivity index (χ4n) is 1.64. The van der Waals surface area contributed by atoms with Crippen molar-refractivity contribution >= 4 is 16.7 Å². The van der Waals surface area contributed by atoms with Gasteiger partial charge in [0.05, 0.1) is 6.10 Å². The number of nitrogens with zero attached hydrogens (tertiary/aromatic N) is 2. The van der Waals surface area contributed by atoms with Gasteiger partial charge in [-0.25, -0.2) is 0 Å². The fraction of sp³-hybridized carbons (Fsp3) is 0.385. The van der Waals surface area contributed by atoms with Crippen LogP contribution in [0.4, 0.5) is 5.13 Å². The van der Waals surface area contributed by atoms with E-state index in [4.69, 9.17) is 0 Å². The maximum atomic E-state index is 9.63. The molecular formula is C13H17N3OS. The van der Waals surface area contributed by atoms with E-state index in [-0.39, 0.29) is 6.10 Å². The summed E-state index contributed by atoms with van der Waals surface area (Å²) in [5.74, 6) is 0.730. The van der Waals surface area contributed by atoms with Crippen molar-refractivity contribution in [3.8, 4) is 11.4 Å². The van der Waals surface area contributed by atoms with Gasteiger partial charge < -0.3 is 10.4 Å². The van der Waals surface area contributed by atoms with E-state index in [1.807, 2.05) is 30.3 Å². The van der Waals surface area contributed by atoms with Gasteiger partial charge in [0.15, 0.2) is 5.82 Å². The molecule has 0 radical (unpaired) electrons. The maximum Gasteiger partial charge on any atom is 0.202 e. The largest absolute Gasteiger partial charge is 0.391 e. The molecule has 0 bridgehead atoms. The lowest BCUT2D eigenvalue weighted by Crippen LogP contribution is -2.18. The summed E-state index contributed by atoms with van der Waals surface area (Å²) in [4.78, 5) is 4.40. The van der Waals surface area contributed by atoms with Crippen LogP contribution in [0.3, 0.4) is 0 Å². The highest BCUT2D eigenvalue weighted by Gasteiger charge is 2.07. The molecule has 0 saturated carbocycles. The van der Waals surface area contributed by atoms with Crippen molar-refractivity contribution in [2.45, 2.75) is 25.9 Å². The number of benzene rings is 1. The Morgan fingerprint density at radius 3 is 2.83 bits per heavy atom. The van der Waals surface area contributed by atoms with Gasteiger partial charge >= 0.3 is 0 Å². The number of aliphatic hydroxyl groups is 1. The van der Waals surface area contributed by atoms with Crippen molar-refractivity contribution in [1.29, 1.82) is 0 Å². The van der Waals surface area contributed by atoms with Gasteiger partial charge in [0, 0.05) is 23.6 Å². The van der Waals surface area contributed by atoms with Crippen LogP contribution in [0.2, 0.25) is 0 Å². The summed E-state index contributed by atoms with van der Waals surface area (Å²) in [6.45, 7) is 2.58. The van der Waals surface area contributed by atoms with E-state index in [1.165, 1.54) is 11.5 Å². The molecule has 1 heterocycles. The molecule has 1 unspecified atom stereocenters. The van der Waals surface area contributed by atoms with E-state index in [0.29, 0.717) is 6.54 Å². The number of aliphatic hydroxyl groups excluding tert-OH is 1. The zero-order chi connectivity index (χ0) is 12.8. The molecule has 0 aliphatic carbocycles. The lowest BCUT2D eigenvalue weighted by Gasteiger charge is -2.08. The van der Waals surface area contributed by atoms with Crippen LogP contribution >= 0.6 is 11.5 Å². The molecule has 0 aliphatic heterocycles. The zero-order valence-electron chi connectivity index (χ0n) is 10.3. The minimum absolute atomic E-state index is 0.320. The molecule has 5 heteroatoms. The molecule has 0 fully saturated rings. The van der Waals surface area contributed by atoms with E-state index in [9.17, 15) is 5.11 Å². The fourth-order valence-corrected chi connectivity index (χ4v) is 2.23. The van der Waals surface area contributed by atoms with Crippen LogP contribution in [0, 0.1) is 0 Å². The van der Waals surface area contributed by atoms with Gasteiger partial charge in [-0.1, -0.05) is 43.7 Å². The molecule has 18 heavy (non-hydrogen) atoms. The van der Waals surface area contributed by atoms with E-state index in [0.717, 1.165) is 29.4 Å². The predicted molar refractivity (Wildman–Crippen MR) is 74.7 cm³/mol. The molecule has 2 aromatic rings. The van der Waals surface area contributed by atoms with Crippen LogP contribution in [-0.2, 0) is 0 Å². The normalized spacial score (nSPS) is 12.3. The summed E-state index contributed by atoms with van der Waals surface area (Å²) in [5.41, 5.74) is 1.01. The number of nitrogens with one attached hydrogen (secondary N) is 1. The lowest BCUT2D eigenvalue weighted by atomic mass is 10.2. The first kappa shape index (κ1) is 13.0. The molecule has 4 nitrogen and oxygen atoms in total. The first-order valence-electron chi connectivity index (χ1n) is 6.10. The third-order valence-electron chi connectivity index (χ3n) is 2.57. The second kappa shape index (κ2) is 6.47. The summed E-state index contributed by atoms with van der Waals surface area (Å²) in [6, 6.07) is 9.87. The molecule has 1 aromatic carbocycles. The summed E-state index contributed by atoms with van der Waals surface area (Å²) in [6.07, 6.45) is 1.46. The van der Waals surface area contributed by atoms with Gasteiger partial charge in [-0.15, -0.1) is 0 Å². The molecule has 1 aromatic heterocycles. The summed E-state index contributed by atoms with van der Waals surface area (Å²) < 4.78 is 4.30. The Morgan fingerprint density at radius 2 is 2.11 bits per heavy atom. The van der Waals surface area contributed by atoms with Crippen molar-refractivity contribution in [2.24, 2.45) is 0 Å². The Morgan fingerprint density at radius 1 is 1.33 bits per heavy atom. The quantitative estimate of drug-likeness (QED) is 0.841. The highest BCUT2D eigenvalue weighted by molar-refractivity contribution is 7.09. The first-order valence-corrected chi connectivity index (χ1v) is 6.88. The molecule has 0 amide bonds. The average molecular weight is 263 g/mol. The van der Waals surface area contributed by atoms with Crippen molar-refractivity contribution in [3.63, 3.8) is 0 Å². The van der Waals surface area contributed by atoms with E-state index in [1.54, 1.807) is 0 Å². The molecule has 96 valence electrons. The highest BCUT2D eigenvalue weighted by Crippen LogP contribution is 2.20. The average Bonchev–Trinajstić information content (AvgIpc) is 2.87. The Labute approximate surface area is 111 Å². The number of hydrogen-bond donors (Lipinski definition) is 2. The molecule has 0 spiro atoms. The van der Waals surface area contributed by atoms with Crippen molar-refractivity contribution in [1.82, 2.24) is 9.36 Å². The topological polar surface area (TPSA) is 58.0 Å². The lowest BCUT2D eigenvalue weighted by molar-refractivity contribution is 0.176. The third-order valence-corrected chi connectivity index (χ3v) is 3.24. The standard InChI is InChI=1S/C13H17N3OS/c1-2-6-11(17)9-14-13-15-12(16-18-13)10-7-4-3-5-8-10/h3-5,7-8,11,17H,2,6,9H2,1H3,(H,14,15,16). The maximum absolute atomic E-state index is 9.63. The highest BCUT2D eigenvalue weighted by atomic mass is 32.1. The van der Waals surface area contributed by atoms with Crippen LogP contribution in [0.1, 0.15) is 19.8 Å². The van der Waals surface area contributed by atoms with Crippen LogP contribution < -0.4 is 5.32 Å². The van der Waals surface area contributed by atoms with Crippen LogP contribution in [-0.4, -0.2) is 27.1 Å².